The lowest BCUT2D eigenvalue weighted by Crippen LogP contribution is -2.27. The van der Waals surface area contributed by atoms with Crippen molar-refractivity contribution >= 4 is 61.3 Å². The highest BCUT2D eigenvalue weighted by Gasteiger charge is 2.29. The van der Waals surface area contributed by atoms with Crippen molar-refractivity contribution in [2.45, 2.75) is 17.1 Å². The third kappa shape index (κ3) is 7.25. The minimum Gasteiger partial charge on any atom is -0.506 e. The number of carbonyl (C=O) groups excluding carboxylic acids is 2. The quantitative estimate of drug-likeness (QED) is 0.151. The summed E-state index contributed by atoms with van der Waals surface area (Å²) in [6, 6.07) is 10.4. The van der Waals surface area contributed by atoms with Crippen LogP contribution in [0.15, 0.2) is 62.4 Å². The third-order valence-electron chi connectivity index (χ3n) is 4.05. The van der Waals surface area contributed by atoms with Crippen LogP contribution in [0, 0.1) is 0 Å². The van der Waals surface area contributed by atoms with Gasteiger partial charge in [0.1, 0.15) is 11.9 Å². The summed E-state index contributed by atoms with van der Waals surface area (Å²) in [6.07, 6.45) is 1.37. The first kappa shape index (κ1) is 25.2. The Kier molecular flexibility index (Phi) is 9.85. The average molecular weight is 576 g/mol. The molecule has 11 heteroatoms. The Morgan fingerprint density at radius 1 is 1.19 bits per heavy atom. The molecule has 0 aliphatic rings. The van der Waals surface area contributed by atoms with E-state index >= 15 is 0 Å². The van der Waals surface area contributed by atoms with Crippen LogP contribution >= 0.6 is 43.6 Å². The summed E-state index contributed by atoms with van der Waals surface area (Å²) in [5.41, 5.74) is 2.22. The van der Waals surface area contributed by atoms with E-state index in [1.165, 1.54) is 18.7 Å². The summed E-state index contributed by atoms with van der Waals surface area (Å²) < 4.78 is 11.9. The number of thioether (sulfide) groups is 1. The lowest BCUT2D eigenvalue weighted by Gasteiger charge is -2.25. The summed E-state index contributed by atoms with van der Waals surface area (Å²) >= 11 is 8.16. The van der Waals surface area contributed by atoms with Crippen LogP contribution in [0.1, 0.15) is 11.7 Å². The topological polar surface area (TPSA) is 117 Å². The number of hydrogen-bond acceptors (Lipinski definition) is 7. The Balaban J connectivity index is 2.35. The normalized spacial score (nSPS) is 12.9. The van der Waals surface area contributed by atoms with Gasteiger partial charge < -0.3 is 14.6 Å². The van der Waals surface area contributed by atoms with Gasteiger partial charge in [-0.15, -0.1) is 11.8 Å². The molecule has 31 heavy (non-hydrogen) atoms. The molecule has 2 rings (SSSR count). The van der Waals surface area contributed by atoms with Gasteiger partial charge in [0.25, 0.3) is 5.91 Å². The van der Waals surface area contributed by atoms with Crippen molar-refractivity contribution in [3.05, 3.63) is 63.1 Å². The van der Waals surface area contributed by atoms with Crippen molar-refractivity contribution in [2.75, 3.05) is 18.7 Å². The monoisotopic (exact) mass is 574 g/mol. The van der Waals surface area contributed by atoms with Crippen LogP contribution in [0.25, 0.3) is 0 Å². The predicted molar refractivity (Wildman–Crippen MR) is 124 cm³/mol. The average Bonchev–Trinajstić information content (AvgIpc) is 2.76. The smallest absolute Gasteiger partial charge is 0.412 e. The Hall–Kier alpha value is -2.05. The zero-order chi connectivity index (χ0) is 23.0. The minimum absolute atomic E-state index is 0.160. The Labute approximate surface area is 200 Å². The van der Waals surface area contributed by atoms with Crippen LogP contribution in [-0.2, 0) is 14.3 Å². The maximum atomic E-state index is 12.6. The molecule has 0 saturated heterocycles. The number of amides is 2. The van der Waals surface area contributed by atoms with Gasteiger partial charge in [0.05, 0.1) is 4.47 Å². The van der Waals surface area contributed by atoms with Crippen LogP contribution in [0.2, 0.25) is 0 Å². The molecule has 0 spiro atoms. The number of rotatable bonds is 8. The highest BCUT2D eigenvalue weighted by Crippen LogP contribution is 2.39. The summed E-state index contributed by atoms with van der Waals surface area (Å²) in [4.78, 5) is 25.0. The molecular formula is C20H20Br2N2O6S. The Morgan fingerprint density at radius 2 is 1.87 bits per heavy atom. The summed E-state index contributed by atoms with van der Waals surface area (Å²) in [7, 11) is 1.35. The number of anilines is 1. The molecule has 0 heterocycles. The van der Waals surface area contributed by atoms with Gasteiger partial charge in [-0.1, -0.05) is 15.9 Å². The van der Waals surface area contributed by atoms with Crippen molar-refractivity contribution < 1.29 is 29.4 Å². The molecule has 8 nitrogen and oxygen atoms in total. The SMILES string of the molecule is CO[C@@H](/C=C/C(=O)NO)[C@@H](OC(=O)Nc1ccc(SC)cc1)c1cc(Br)cc(Br)c1O. The minimum atomic E-state index is -1.13. The maximum Gasteiger partial charge on any atom is 0.412 e. The number of benzene rings is 2. The maximum absolute atomic E-state index is 12.6. The zero-order valence-electron chi connectivity index (χ0n) is 16.5. The molecule has 166 valence electrons. The van der Waals surface area contributed by atoms with Gasteiger partial charge in [0, 0.05) is 33.8 Å². The van der Waals surface area contributed by atoms with Crippen LogP contribution < -0.4 is 10.8 Å². The molecule has 0 aromatic heterocycles. The van der Waals surface area contributed by atoms with E-state index in [2.05, 4.69) is 37.2 Å². The molecule has 2 amide bonds. The molecule has 4 N–H and O–H groups in total. The molecule has 0 unspecified atom stereocenters. The van der Waals surface area contributed by atoms with Gasteiger partial charge in [0.15, 0.2) is 6.10 Å². The number of phenols is 1. The van der Waals surface area contributed by atoms with Crippen LogP contribution in [0.5, 0.6) is 5.75 Å². The Bertz CT molecular complexity index is 955. The number of halogens is 2. The number of hydroxylamine groups is 1. The second-order valence-electron chi connectivity index (χ2n) is 6.04. The second-order valence-corrected chi connectivity index (χ2v) is 8.69. The molecule has 0 bridgehead atoms. The highest BCUT2D eigenvalue weighted by molar-refractivity contribution is 9.11. The number of nitrogens with one attached hydrogen (secondary N) is 2. The first-order valence-electron chi connectivity index (χ1n) is 8.73. The predicted octanol–water partition coefficient (Wildman–Crippen LogP) is 5.01. The fourth-order valence-corrected chi connectivity index (χ4v) is 4.24. The van der Waals surface area contributed by atoms with E-state index in [0.29, 0.717) is 14.6 Å². The highest BCUT2D eigenvalue weighted by atomic mass is 79.9. The van der Waals surface area contributed by atoms with Crippen molar-refractivity contribution in [1.82, 2.24) is 5.48 Å². The van der Waals surface area contributed by atoms with E-state index < -0.39 is 24.2 Å². The zero-order valence-corrected chi connectivity index (χ0v) is 20.5. The fraction of sp³-hybridized carbons (Fsp3) is 0.200. The molecule has 0 saturated carbocycles. The molecular weight excluding hydrogens is 556 g/mol. The third-order valence-corrected chi connectivity index (χ3v) is 5.86. The van der Waals surface area contributed by atoms with E-state index in [0.717, 1.165) is 11.0 Å². The molecule has 2 atom stereocenters. The number of hydrogen-bond donors (Lipinski definition) is 4. The van der Waals surface area contributed by atoms with Crippen LogP contribution in [0.3, 0.4) is 0 Å². The fourth-order valence-electron chi connectivity index (χ4n) is 2.57. The molecule has 2 aromatic rings. The van der Waals surface area contributed by atoms with E-state index in [-0.39, 0.29) is 11.3 Å². The lowest BCUT2D eigenvalue weighted by atomic mass is 10.0. The van der Waals surface area contributed by atoms with Crippen molar-refractivity contribution in [2.24, 2.45) is 0 Å². The van der Waals surface area contributed by atoms with Crippen molar-refractivity contribution in [1.29, 1.82) is 0 Å². The second kappa shape index (κ2) is 12.1. The van der Waals surface area contributed by atoms with Crippen LogP contribution in [0.4, 0.5) is 10.5 Å². The molecule has 0 aliphatic carbocycles. The standard InChI is InChI=1S/C20H20Br2N2O6S/c1-29-16(7-8-17(25)24-28)19(14-9-11(21)10-15(22)18(14)26)30-20(27)23-12-3-5-13(31-2)6-4-12/h3-10,16,19,26,28H,1-2H3,(H,23,27)(H,24,25)/b8-7+/t16-,19-/m0/s1. The van der Waals surface area contributed by atoms with Crippen molar-refractivity contribution in [3.8, 4) is 5.75 Å². The first-order chi connectivity index (χ1) is 14.8. The van der Waals surface area contributed by atoms with Gasteiger partial charge in [-0.2, -0.15) is 0 Å². The molecule has 0 radical (unpaired) electrons. The molecule has 0 aliphatic heterocycles. The van der Waals surface area contributed by atoms with Gasteiger partial charge in [-0.25, -0.2) is 10.3 Å². The summed E-state index contributed by atoms with van der Waals surface area (Å²) in [6.45, 7) is 0. The summed E-state index contributed by atoms with van der Waals surface area (Å²) in [5.74, 6) is -0.953. The van der Waals surface area contributed by atoms with Gasteiger partial charge >= 0.3 is 6.09 Å². The first-order valence-corrected chi connectivity index (χ1v) is 11.5. The number of aromatic hydroxyl groups is 1. The van der Waals surface area contributed by atoms with Crippen LogP contribution in [-0.4, -0.2) is 41.8 Å². The van der Waals surface area contributed by atoms with E-state index in [4.69, 9.17) is 14.7 Å². The number of carbonyl (C=O) groups is 2. The number of phenolic OH excluding ortho intramolecular Hbond substituents is 1. The van der Waals surface area contributed by atoms with E-state index in [1.54, 1.807) is 36.0 Å². The Morgan fingerprint density at radius 3 is 2.45 bits per heavy atom. The van der Waals surface area contributed by atoms with Gasteiger partial charge in [0.2, 0.25) is 0 Å². The van der Waals surface area contributed by atoms with Gasteiger partial charge in [-0.05, 0) is 64.7 Å². The summed E-state index contributed by atoms with van der Waals surface area (Å²) in [5, 5.41) is 21.9. The lowest BCUT2D eigenvalue weighted by molar-refractivity contribution is -0.124. The molecule has 0 fully saturated rings. The van der Waals surface area contributed by atoms with Gasteiger partial charge in [-0.3, -0.25) is 15.3 Å². The van der Waals surface area contributed by atoms with Crippen molar-refractivity contribution in [3.63, 3.8) is 0 Å². The largest absolute Gasteiger partial charge is 0.506 e. The van der Waals surface area contributed by atoms with E-state index in [1.807, 2.05) is 18.4 Å². The molecule has 2 aromatic carbocycles. The number of methoxy groups -OCH3 is 1. The number of ether oxygens (including phenoxy) is 2. The van der Waals surface area contributed by atoms with E-state index in [9.17, 15) is 14.7 Å².